The van der Waals surface area contributed by atoms with E-state index >= 15 is 0 Å². The summed E-state index contributed by atoms with van der Waals surface area (Å²) in [5, 5.41) is 10.8. The molecule has 2 aromatic rings. The van der Waals surface area contributed by atoms with Crippen molar-refractivity contribution in [2.45, 2.75) is 51.6 Å². The number of methoxy groups -OCH3 is 1. The molecule has 33 heavy (non-hydrogen) atoms. The lowest BCUT2D eigenvalue weighted by atomic mass is 9.79. The van der Waals surface area contributed by atoms with Crippen LogP contribution in [0.1, 0.15) is 60.5 Å². The number of nitro groups is 1. The number of rotatable bonds is 6. The first-order valence-electron chi connectivity index (χ1n) is 11.2. The van der Waals surface area contributed by atoms with E-state index in [-0.39, 0.29) is 17.0 Å². The molecule has 0 unspecified atom stereocenters. The molecule has 2 aliphatic rings. The summed E-state index contributed by atoms with van der Waals surface area (Å²) in [6, 6.07) is 11.4. The Morgan fingerprint density at radius 3 is 2.64 bits per heavy atom. The summed E-state index contributed by atoms with van der Waals surface area (Å²) in [6.07, 6.45) is 5.90. The number of ketones is 1. The van der Waals surface area contributed by atoms with Crippen LogP contribution in [0.15, 0.2) is 48.5 Å². The summed E-state index contributed by atoms with van der Waals surface area (Å²) in [4.78, 5) is 35.8. The molecule has 7 heteroatoms. The second-order valence-corrected chi connectivity index (χ2v) is 8.89. The van der Waals surface area contributed by atoms with Gasteiger partial charge in [-0.1, -0.05) is 12.1 Å². The van der Waals surface area contributed by atoms with Crippen molar-refractivity contribution in [3.05, 3.63) is 75.3 Å². The van der Waals surface area contributed by atoms with Crippen molar-refractivity contribution in [3.8, 4) is 5.75 Å². The topological polar surface area (TPSA) is 95.7 Å². The molecular weight excluding hydrogens is 422 g/mol. The lowest BCUT2D eigenvalue weighted by Crippen LogP contribution is -2.36. The van der Waals surface area contributed by atoms with Crippen molar-refractivity contribution in [2.24, 2.45) is 5.41 Å². The Morgan fingerprint density at radius 1 is 1.18 bits per heavy atom. The standard InChI is InChI=1S/C26H27NO6/c1-26(15-14-17-4-3-5-19-16-21(32-2)10-11-22(17)19)23(28)12-13-24(26)33-25(29)18-6-8-20(9-7-18)27(30)31/h6-11,14,16,24H,3-5,12-13,15H2,1-2H3/b17-14-/t24-,26+/m0/s1. The number of carbonyl (C=O) groups is 2. The van der Waals surface area contributed by atoms with Crippen molar-refractivity contribution < 1.29 is 24.0 Å². The highest BCUT2D eigenvalue weighted by Gasteiger charge is 2.47. The van der Waals surface area contributed by atoms with Crippen LogP contribution in [0.2, 0.25) is 0 Å². The van der Waals surface area contributed by atoms with Gasteiger partial charge >= 0.3 is 5.97 Å². The first kappa shape index (κ1) is 22.7. The molecule has 1 saturated carbocycles. The Balaban J connectivity index is 1.51. The largest absolute Gasteiger partial charge is 0.497 e. The van der Waals surface area contributed by atoms with Crippen molar-refractivity contribution >= 4 is 23.0 Å². The molecule has 0 aliphatic heterocycles. The van der Waals surface area contributed by atoms with Crippen LogP contribution >= 0.6 is 0 Å². The highest BCUT2D eigenvalue weighted by Crippen LogP contribution is 2.42. The molecular formula is C26H27NO6. The normalized spacial score (nSPS) is 23.3. The number of ether oxygens (including phenoxy) is 2. The minimum Gasteiger partial charge on any atom is -0.497 e. The molecule has 2 aliphatic carbocycles. The smallest absolute Gasteiger partial charge is 0.338 e. The third-order valence-electron chi connectivity index (χ3n) is 6.87. The van der Waals surface area contributed by atoms with Crippen molar-refractivity contribution in [1.29, 1.82) is 0 Å². The minimum atomic E-state index is -0.798. The molecule has 0 amide bonds. The number of non-ortho nitro benzene ring substituents is 1. The summed E-state index contributed by atoms with van der Waals surface area (Å²) in [5.74, 6) is 0.358. The van der Waals surface area contributed by atoms with Gasteiger partial charge in [0, 0.05) is 18.6 Å². The fourth-order valence-electron chi connectivity index (χ4n) is 4.76. The molecule has 172 valence electrons. The molecule has 0 N–H and O–H groups in total. The zero-order chi connectivity index (χ0) is 23.6. The number of carbonyl (C=O) groups excluding carboxylic acids is 2. The van der Waals surface area contributed by atoms with E-state index in [1.807, 2.05) is 13.0 Å². The third-order valence-corrected chi connectivity index (χ3v) is 6.87. The summed E-state index contributed by atoms with van der Waals surface area (Å²) >= 11 is 0. The molecule has 0 bridgehead atoms. The van der Waals surface area contributed by atoms with Gasteiger partial charge < -0.3 is 9.47 Å². The lowest BCUT2D eigenvalue weighted by molar-refractivity contribution is -0.384. The summed E-state index contributed by atoms with van der Waals surface area (Å²) in [6.45, 7) is 1.87. The van der Waals surface area contributed by atoms with Gasteiger partial charge in [0.05, 0.1) is 23.0 Å². The maximum Gasteiger partial charge on any atom is 0.338 e. The van der Waals surface area contributed by atoms with E-state index in [1.165, 1.54) is 41.0 Å². The van der Waals surface area contributed by atoms with Gasteiger partial charge in [0.25, 0.3) is 5.69 Å². The van der Waals surface area contributed by atoms with Gasteiger partial charge in [0.2, 0.25) is 0 Å². The van der Waals surface area contributed by atoms with E-state index in [1.54, 1.807) is 7.11 Å². The highest BCUT2D eigenvalue weighted by atomic mass is 16.6. The van der Waals surface area contributed by atoms with Gasteiger partial charge in [-0.15, -0.1) is 0 Å². The van der Waals surface area contributed by atoms with Crippen LogP contribution in [-0.4, -0.2) is 29.9 Å². The fraction of sp³-hybridized carbons (Fsp3) is 0.385. The van der Waals surface area contributed by atoms with Crippen LogP contribution in [0.25, 0.3) is 5.57 Å². The SMILES string of the molecule is COc1ccc2c(c1)CCC/C2=C/C[C@]1(C)C(=O)CC[C@@H]1OC(=O)c1ccc([N+](=O)[O-])cc1. The number of aryl methyl sites for hydroxylation is 1. The molecule has 0 saturated heterocycles. The van der Waals surface area contributed by atoms with Crippen molar-refractivity contribution in [1.82, 2.24) is 0 Å². The maximum absolute atomic E-state index is 12.8. The average molecular weight is 450 g/mol. The van der Waals surface area contributed by atoms with E-state index < -0.39 is 22.4 Å². The molecule has 7 nitrogen and oxygen atoms in total. The van der Waals surface area contributed by atoms with E-state index in [4.69, 9.17) is 9.47 Å². The van der Waals surface area contributed by atoms with Crippen LogP contribution < -0.4 is 4.74 Å². The van der Waals surface area contributed by atoms with Gasteiger partial charge in [-0.05, 0) is 80.0 Å². The van der Waals surface area contributed by atoms with Crippen molar-refractivity contribution in [2.75, 3.05) is 7.11 Å². The maximum atomic E-state index is 12.8. The molecule has 4 rings (SSSR count). The third kappa shape index (κ3) is 4.53. The van der Waals surface area contributed by atoms with Crippen LogP contribution in [0.4, 0.5) is 5.69 Å². The zero-order valence-corrected chi connectivity index (χ0v) is 18.8. The number of hydrogen-bond acceptors (Lipinski definition) is 6. The Labute approximate surface area is 192 Å². The second kappa shape index (κ2) is 9.17. The fourth-order valence-corrected chi connectivity index (χ4v) is 4.76. The number of allylic oxidation sites excluding steroid dienone is 2. The lowest BCUT2D eigenvalue weighted by Gasteiger charge is -2.29. The van der Waals surface area contributed by atoms with Crippen LogP contribution in [0, 0.1) is 15.5 Å². The Morgan fingerprint density at radius 2 is 1.94 bits per heavy atom. The summed E-state index contributed by atoms with van der Waals surface area (Å²) < 4.78 is 11.1. The van der Waals surface area contributed by atoms with Crippen LogP contribution in [0.5, 0.6) is 5.75 Å². The van der Waals surface area contributed by atoms with Gasteiger partial charge in [0.15, 0.2) is 0 Å². The Bertz CT molecular complexity index is 1120. The first-order chi connectivity index (χ1) is 15.8. The average Bonchev–Trinajstić information content (AvgIpc) is 3.10. The van der Waals surface area contributed by atoms with E-state index in [9.17, 15) is 19.7 Å². The minimum absolute atomic E-state index is 0.0895. The summed E-state index contributed by atoms with van der Waals surface area (Å²) in [7, 11) is 1.66. The number of fused-ring (bicyclic) bond motifs is 1. The van der Waals surface area contributed by atoms with Gasteiger partial charge in [-0.2, -0.15) is 0 Å². The number of hydrogen-bond donors (Lipinski definition) is 0. The predicted octanol–water partition coefficient (Wildman–Crippen LogP) is 5.31. The number of esters is 1. The number of Topliss-reactive ketones (excluding diaryl/α,β-unsaturated/α-hetero) is 1. The quantitative estimate of drug-likeness (QED) is 0.337. The molecule has 2 aromatic carbocycles. The molecule has 0 spiro atoms. The highest BCUT2D eigenvalue weighted by molar-refractivity contribution is 5.92. The molecule has 1 fully saturated rings. The number of nitro benzene ring substituents is 1. The second-order valence-electron chi connectivity index (χ2n) is 8.89. The summed E-state index contributed by atoms with van der Waals surface area (Å²) in [5.41, 5.74) is 2.99. The zero-order valence-electron chi connectivity index (χ0n) is 18.8. The van der Waals surface area contributed by atoms with E-state index in [2.05, 4.69) is 18.2 Å². The predicted molar refractivity (Wildman–Crippen MR) is 123 cm³/mol. The Kier molecular flexibility index (Phi) is 6.31. The monoisotopic (exact) mass is 449 g/mol. The van der Waals surface area contributed by atoms with Gasteiger partial charge in [-0.3, -0.25) is 14.9 Å². The number of nitrogens with zero attached hydrogens (tertiary/aromatic N) is 1. The molecule has 0 aromatic heterocycles. The van der Waals surface area contributed by atoms with E-state index in [0.29, 0.717) is 19.3 Å². The molecule has 0 heterocycles. The van der Waals surface area contributed by atoms with Crippen molar-refractivity contribution in [3.63, 3.8) is 0 Å². The molecule has 0 radical (unpaired) electrons. The Hall–Kier alpha value is -3.48. The van der Waals surface area contributed by atoms with Gasteiger partial charge in [-0.25, -0.2) is 4.79 Å². The molecule has 2 atom stereocenters. The van der Waals surface area contributed by atoms with Gasteiger partial charge in [0.1, 0.15) is 17.6 Å². The number of benzene rings is 2. The van der Waals surface area contributed by atoms with E-state index in [0.717, 1.165) is 25.0 Å². The first-order valence-corrected chi connectivity index (χ1v) is 11.2. The van der Waals surface area contributed by atoms with Crippen LogP contribution in [0.3, 0.4) is 0 Å². The van der Waals surface area contributed by atoms with Crippen LogP contribution in [-0.2, 0) is 16.0 Å².